The number of ether oxygens (including phenoxy) is 1. The van der Waals surface area contributed by atoms with Gasteiger partial charge in [-0.3, -0.25) is 0 Å². The first-order valence-electron chi connectivity index (χ1n) is 8.65. The smallest absolute Gasteiger partial charge is 0.343 e. The maximum atomic E-state index is 13.2. The summed E-state index contributed by atoms with van der Waals surface area (Å²) in [5, 5.41) is 11.2. The zero-order chi connectivity index (χ0) is 18.5. The Kier molecular flexibility index (Phi) is 4.03. The number of carbonyl (C=O) groups is 1. The first-order chi connectivity index (χ1) is 12.4. The number of aliphatic hydroxyl groups excluding tert-OH is 1. The number of hydrogen-bond donors (Lipinski definition) is 1. The normalized spacial score (nSPS) is 18.7. The molecule has 134 valence electrons. The van der Waals surface area contributed by atoms with Gasteiger partial charge in [0.05, 0.1) is 0 Å². The molecule has 5 heteroatoms. The highest BCUT2D eigenvalue weighted by Crippen LogP contribution is 2.48. The number of carbonyl (C=O) groups excluding carboxylic acids is 1. The molecule has 2 aromatic carbocycles. The zero-order valence-corrected chi connectivity index (χ0v) is 15.1. The van der Waals surface area contributed by atoms with Crippen molar-refractivity contribution in [3.63, 3.8) is 0 Å². The van der Waals surface area contributed by atoms with Gasteiger partial charge in [0.25, 0.3) is 0 Å². The summed E-state index contributed by atoms with van der Waals surface area (Å²) in [6, 6.07) is 9.64. The van der Waals surface area contributed by atoms with Crippen LogP contribution in [0.25, 0.3) is 16.7 Å². The molecule has 1 saturated carbocycles. The first-order valence-corrected chi connectivity index (χ1v) is 9.03. The first kappa shape index (κ1) is 17.1. The minimum Gasteiger partial charge on any atom is -0.507 e. The topological polar surface area (TPSA) is 46.5 Å². The van der Waals surface area contributed by atoms with Crippen molar-refractivity contribution in [1.29, 1.82) is 0 Å². The fourth-order valence-electron chi connectivity index (χ4n) is 4.03. The van der Waals surface area contributed by atoms with E-state index in [-0.39, 0.29) is 17.1 Å². The van der Waals surface area contributed by atoms with Gasteiger partial charge in [-0.25, -0.2) is 9.18 Å². The van der Waals surface area contributed by atoms with Crippen LogP contribution in [0, 0.1) is 12.7 Å². The second-order valence-corrected chi connectivity index (χ2v) is 7.32. The van der Waals surface area contributed by atoms with Crippen molar-refractivity contribution in [2.45, 2.75) is 38.2 Å². The summed E-state index contributed by atoms with van der Waals surface area (Å²) in [5.41, 5.74) is 2.12. The highest BCUT2D eigenvalue weighted by molar-refractivity contribution is 6.35. The Morgan fingerprint density at radius 1 is 1.12 bits per heavy atom. The minimum absolute atomic E-state index is 0.0127. The van der Waals surface area contributed by atoms with Gasteiger partial charge in [-0.2, -0.15) is 0 Å². The molecule has 26 heavy (non-hydrogen) atoms. The van der Waals surface area contributed by atoms with Gasteiger partial charge >= 0.3 is 5.97 Å². The predicted molar refractivity (Wildman–Crippen MR) is 98.4 cm³/mol. The summed E-state index contributed by atoms with van der Waals surface area (Å²) in [4.78, 5) is 12.6. The predicted octanol–water partition coefficient (Wildman–Crippen LogP) is 5.59. The molecule has 1 spiro atoms. The number of halogens is 2. The molecule has 1 aliphatic heterocycles. The number of esters is 1. The molecule has 2 aliphatic rings. The number of aliphatic hydroxyl groups is 1. The van der Waals surface area contributed by atoms with Crippen molar-refractivity contribution in [1.82, 2.24) is 0 Å². The SMILES string of the molecule is Cc1c(-c2ccc(F)cc2)ccc(Cl)c1C1=C(O)C2(CCCC2)OC1=O. The summed E-state index contributed by atoms with van der Waals surface area (Å²) in [6.45, 7) is 1.84. The summed E-state index contributed by atoms with van der Waals surface area (Å²) in [7, 11) is 0. The van der Waals surface area contributed by atoms with Crippen molar-refractivity contribution in [2.75, 3.05) is 0 Å². The zero-order valence-electron chi connectivity index (χ0n) is 14.3. The van der Waals surface area contributed by atoms with E-state index in [1.54, 1.807) is 18.2 Å². The average molecular weight is 373 g/mol. The van der Waals surface area contributed by atoms with Crippen LogP contribution < -0.4 is 0 Å². The molecule has 2 aromatic rings. The Bertz CT molecular complexity index is 925. The van der Waals surface area contributed by atoms with Crippen molar-refractivity contribution in [2.24, 2.45) is 0 Å². The Morgan fingerprint density at radius 3 is 2.42 bits per heavy atom. The largest absolute Gasteiger partial charge is 0.507 e. The molecule has 0 amide bonds. The van der Waals surface area contributed by atoms with E-state index in [1.165, 1.54) is 12.1 Å². The van der Waals surface area contributed by atoms with Crippen LogP contribution >= 0.6 is 11.6 Å². The fourth-order valence-corrected chi connectivity index (χ4v) is 4.33. The molecule has 0 radical (unpaired) electrons. The van der Waals surface area contributed by atoms with Crippen molar-refractivity contribution >= 4 is 23.1 Å². The molecule has 1 aliphatic carbocycles. The maximum absolute atomic E-state index is 13.2. The highest BCUT2D eigenvalue weighted by Gasteiger charge is 2.50. The Labute approximate surface area is 156 Å². The van der Waals surface area contributed by atoms with Crippen LogP contribution in [0.15, 0.2) is 42.2 Å². The van der Waals surface area contributed by atoms with Gasteiger partial charge in [0, 0.05) is 10.6 Å². The molecular weight excluding hydrogens is 355 g/mol. The molecular formula is C21H18ClFO3. The van der Waals surface area contributed by atoms with E-state index in [0.717, 1.165) is 29.5 Å². The van der Waals surface area contributed by atoms with Crippen LogP contribution in [0.3, 0.4) is 0 Å². The summed E-state index contributed by atoms with van der Waals surface area (Å²) >= 11 is 6.41. The second-order valence-electron chi connectivity index (χ2n) is 6.92. The molecule has 1 fully saturated rings. The number of rotatable bonds is 2. The highest BCUT2D eigenvalue weighted by atomic mass is 35.5. The number of benzene rings is 2. The van der Waals surface area contributed by atoms with Crippen molar-refractivity contribution < 1.29 is 19.0 Å². The van der Waals surface area contributed by atoms with E-state index in [0.29, 0.717) is 23.4 Å². The maximum Gasteiger partial charge on any atom is 0.343 e. The quantitative estimate of drug-likeness (QED) is 0.698. The minimum atomic E-state index is -0.895. The van der Waals surface area contributed by atoms with Gasteiger partial charge in [0.15, 0.2) is 11.4 Å². The van der Waals surface area contributed by atoms with Crippen LogP contribution in [0.2, 0.25) is 5.02 Å². The molecule has 0 aromatic heterocycles. The summed E-state index contributed by atoms with van der Waals surface area (Å²) in [6.07, 6.45) is 3.07. The van der Waals surface area contributed by atoms with Crippen LogP contribution in [0.1, 0.15) is 36.8 Å². The van der Waals surface area contributed by atoms with Crippen LogP contribution in [0.5, 0.6) is 0 Å². The van der Waals surface area contributed by atoms with Gasteiger partial charge in [-0.15, -0.1) is 0 Å². The van der Waals surface area contributed by atoms with E-state index in [9.17, 15) is 14.3 Å². The third kappa shape index (κ3) is 2.52. The Hall–Kier alpha value is -2.33. The number of hydrogen-bond acceptors (Lipinski definition) is 3. The van der Waals surface area contributed by atoms with Gasteiger partial charge < -0.3 is 9.84 Å². The second kappa shape index (κ2) is 6.13. The lowest BCUT2D eigenvalue weighted by atomic mass is 9.90. The molecule has 0 bridgehead atoms. The van der Waals surface area contributed by atoms with E-state index in [1.807, 2.05) is 13.0 Å². The third-order valence-corrected chi connectivity index (χ3v) is 5.71. The van der Waals surface area contributed by atoms with E-state index in [2.05, 4.69) is 0 Å². The van der Waals surface area contributed by atoms with E-state index >= 15 is 0 Å². The van der Waals surface area contributed by atoms with E-state index < -0.39 is 11.6 Å². The lowest BCUT2D eigenvalue weighted by molar-refractivity contribution is -0.146. The lowest BCUT2D eigenvalue weighted by Crippen LogP contribution is -2.27. The van der Waals surface area contributed by atoms with Crippen LogP contribution in [-0.2, 0) is 9.53 Å². The van der Waals surface area contributed by atoms with Gasteiger partial charge in [0.1, 0.15) is 11.4 Å². The molecule has 3 nitrogen and oxygen atoms in total. The van der Waals surface area contributed by atoms with Gasteiger partial charge in [-0.05, 0) is 67.5 Å². The summed E-state index contributed by atoms with van der Waals surface area (Å²) < 4.78 is 18.8. The fraction of sp³-hybridized carbons (Fsp3) is 0.286. The van der Waals surface area contributed by atoms with Crippen molar-refractivity contribution in [3.05, 3.63) is 64.1 Å². The molecule has 1 heterocycles. The standard InChI is InChI=1S/C21H18ClFO3/c1-12-15(13-4-6-14(23)7-5-13)8-9-16(22)17(12)18-19(24)21(26-20(18)25)10-2-3-11-21/h4-9,24H,2-3,10-11H2,1H3. The lowest BCUT2D eigenvalue weighted by Gasteiger charge is -2.21. The van der Waals surface area contributed by atoms with Crippen molar-refractivity contribution in [3.8, 4) is 11.1 Å². The molecule has 0 saturated heterocycles. The molecule has 1 N–H and O–H groups in total. The molecule has 4 rings (SSSR count). The average Bonchev–Trinajstić information content (AvgIpc) is 3.17. The Balaban J connectivity index is 1.89. The monoisotopic (exact) mass is 372 g/mol. The third-order valence-electron chi connectivity index (χ3n) is 5.39. The summed E-state index contributed by atoms with van der Waals surface area (Å²) in [5.74, 6) is -0.865. The van der Waals surface area contributed by atoms with Crippen LogP contribution in [0.4, 0.5) is 4.39 Å². The van der Waals surface area contributed by atoms with E-state index in [4.69, 9.17) is 16.3 Å². The Morgan fingerprint density at radius 2 is 1.77 bits per heavy atom. The van der Waals surface area contributed by atoms with Crippen LogP contribution in [-0.4, -0.2) is 16.7 Å². The molecule has 0 unspecified atom stereocenters. The van der Waals surface area contributed by atoms with Gasteiger partial charge in [-0.1, -0.05) is 29.8 Å². The van der Waals surface area contributed by atoms with Gasteiger partial charge in [0.2, 0.25) is 0 Å². The molecule has 0 atom stereocenters.